The summed E-state index contributed by atoms with van der Waals surface area (Å²) in [4.78, 5) is 23.4. The number of hydrogen-bond acceptors (Lipinski definition) is 6. The normalized spacial score (nSPS) is 10.6. The van der Waals surface area contributed by atoms with E-state index >= 15 is 0 Å². The summed E-state index contributed by atoms with van der Waals surface area (Å²) < 4.78 is 19.9. The molecule has 0 amide bonds. The molecule has 0 spiro atoms. The summed E-state index contributed by atoms with van der Waals surface area (Å²) in [6.45, 7) is 0. The Hall–Kier alpha value is -2.70. The fraction of sp³-hybridized carbons (Fsp3) is 0.111. The molecule has 0 aliphatic carbocycles. The van der Waals surface area contributed by atoms with E-state index in [-0.39, 0.29) is 11.5 Å². The van der Waals surface area contributed by atoms with Crippen molar-refractivity contribution in [1.82, 2.24) is 0 Å². The van der Waals surface area contributed by atoms with Crippen LogP contribution in [-0.4, -0.2) is 26.5 Å². The van der Waals surface area contributed by atoms with Crippen LogP contribution in [0.3, 0.4) is 0 Å². The van der Waals surface area contributed by atoms with E-state index in [9.17, 15) is 9.59 Å². The van der Waals surface area contributed by atoms with E-state index in [1.807, 2.05) is 0 Å². The Morgan fingerprint density at radius 3 is 1.46 bits per heavy atom. The number of ether oxygens (including phenoxy) is 4. The Bertz CT molecular complexity index is 968. The smallest absolute Gasteiger partial charge is 0.437 e. The first-order valence-electron chi connectivity index (χ1n) is 7.30. The summed E-state index contributed by atoms with van der Waals surface area (Å²) in [5.74, 6) is 0.413. The molecule has 0 N–H and O–H groups in total. The molecule has 134 valence electrons. The van der Waals surface area contributed by atoms with Gasteiger partial charge in [-0.3, -0.25) is 0 Å². The van der Waals surface area contributed by atoms with Gasteiger partial charge in [0.05, 0.1) is 14.2 Å². The van der Waals surface area contributed by atoms with Crippen LogP contribution < -0.4 is 9.47 Å². The number of benzene rings is 3. The molecule has 0 unspecified atom stereocenters. The summed E-state index contributed by atoms with van der Waals surface area (Å²) >= 11 is 12.2. The van der Waals surface area contributed by atoms with Crippen LogP contribution in [0.2, 0.25) is 10.0 Å². The Kier molecular flexibility index (Phi) is 5.06. The van der Waals surface area contributed by atoms with Gasteiger partial charge in [-0.2, -0.15) is 0 Å². The fourth-order valence-corrected chi connectivity index (χ4v) is 2.91. The number of methoxy groups -OCH3 is 2. The van der Waals surface area contributed by atoms with Crippen LogP contribution in [0, 0.1) is 0 Å². The third-order valence-corrected chi connectivity index (χ3v) is 4.12. The van der Waals surface area contributed by atoms with Gasteiger partial charge in [0.1, 0.15) is 5.75 Å². The molecule has 0 aliphatic heterocycles. The molecule has 8 heteroatoms. The summed E-state index contributed by atoms with van der Waals surface area (Å²) in [6, 6.07) is 9.71. The van der Waals surface area contributed by atoms with Gasteiger partial charge in [0.2, 0.25) is 0 Å². The molecule has 0 saturated carbocycles. The number of fused-ring (bicyclic) bond motifs is 2. The Morgan fingerprint density at radius 2 is 1.08 bits per heavy atom. The second-order valence-corrected chi connectivity index (χ2v) is 6.02. The first-order valence-corrected chi connectivity index (χ1v) is 8.06. The minimum Gasteiger partial charge on any atom is -0.437 e. The second kappa shape index (κ2) is 7.27. The molecule has 3 aromatic carbocycles. The molecule has 0 aliphatic rings. The summed E-state index contributed by atoms with van der Waals surface area (Å²) in [5.41, 5.74) is 0. The van der Waals surface area contributed by atoms with Gasteiger partial charge in [0.15, 0.2) is 5.75 Å². The zero-order chi connectivity index (χ0) is 18.8. The van der Waals surface area contributed by atoms with Crippen LogP contribution in [0.25, 0.3) is 21.5 Å². The largest absolute Gasteiger partial charge is 0.513 e. The van der Waals surface area contributed by atoms with E-state index in [0.29, 0.717) is 31.6 Å². The van der Waals surface area contributed by atoms with Crippen molar-refractivity contribution in [3.63, 3.8) is 0 Å². The Morgan fingerprint density at radius 1 is 0.692 bits per heavy atom. The summed E-state index contributed by atoms with van der Waals surface area (Å²) in [7, 11) is 2.40. The maximum Gasteiger partial charge on any atom is 0.513 e. The van der Waals surface area contributed by atoms with Gasteiger partial charge in [-0.15, -0.1) is 0 Å². The summed E-state index contributed by atoms with van der Waals surface area (Å²) in [6.07, 6.45) is -1.80. The van der Waals surface area contributed by atoms with Crippen LogP contribution in [0.15, 0.2) is 36.4 Å². The van der Waals surface area contributed by atoms with Crippen molar-refractivity contribution in [2.24, 2.45) is 0 Å². The topological polar surface area (TPSA) is 71.1 Å². The fourth-order valence-electron chi connectivity index (χ4n) is 2.56. The molecule has 0 atom stereocenters. The average molecular weight is 395 g/mol. The standard InChI is InChI=1S/C18H12Cl2O6/c1-23-17(21)25-15-11-5-3-9(19)7-13(11)16(26-18(22)24-2)14-8-10(20)4-6-12(14)15/h3-8H,1-2H3. The predicted octanol–water partition coefficient (Wildman–Crippen LogP) is 5.59. The van der Waals surface area contributed by atoms with Gasteiger partial charge in [-0.25, -0.2) is 9.59 Å². The lowest BCUT2D eigenvalue weighted by molar-refractivity contribution is 0.120. The average Bonchev–Trinajstić information content (AvgIpc) is 2.63. The van der Waals surface area contributed by atoms with E-state index in [0.717, 1.165) is 0 Å². The van der Waals surface area contributed by atoms with Crippen molar-refractivity contribution in [1.29, 1.82) is 0 Å². The van der Waals surface area contributed by atoms with E-state index in [4.69, 9.17) is 32.7 Å². The number of carbonyl (C=O) groups excluding carboxylic acids is 2. The van der Waals surface area contributed by atoms with Gasteiger partial charge in [-0.1, -0.05) is 23.2 Å². The molecule has 3 rings (SSSR count). The van der Waals surface area contributed by atoms with Crippen molar-refractivity contribution >= 4 is 57.1 Å². The maximum absolute atomic E-state index is 11.7. The zero-order valence-corrected chi connectivity index (χ0v) is 15.2. The monoisotopic (exact) mass is 394 g/mol. The lowest BCUT2D eigenvalue weighted by atomic mass is 10.0. The molecule has 0 fully saturated rings. The first-order chi connectivity index (χ1) is 12.4. The highest BCUT2D eigenvalue weighted by Crippen LogP contribution is 2.44. The molecule has 0 radical (unpaired) electrons. The minimum atomic E-state index is -0.908. The lowest BCUT2D eigenvalue weighted by Crippen LogP contribution is -2.10. The molecule has 26 heavy (non-hydrogen) atoms. The second-order valence-electron chi connectivity index (χ2n) is 5.15. The molecule has 0 aromatic heterocycles. The highest BCUT2D eigenvalue weighted by molar-refractivity contribution is 6.33. The predicted molar refractivity (Wildman–Crippen MR) is 97.5 cm³/mol. The van der Waals surface area contributed by atoms with E-state index in [2.05, 4.69) is 9.47 Å². The molecule has 0 heterocycles. The van der Waals surface area contributed by atoms with Gasteiger partial charge >= 0.3 is 12.3 Å². The maximum atomic E-state index is 11.7. The summed E-state index contributed by atoms with van der Waals surface area (Å²) in [5, 5.41) is 2.67. The quantitative estimate of drug-likeness (QED) is 0.320. The molecule has 3 aromatic rings. The lowest BCUT2D eigenvalue weighted by Gasteiger charge is -2.16. The highest BCUT2D eigenvalue weighted by atomic mass is 35.5. The number of carbonyl (C=O) groups is 2. The van der Waals surface area contributed by atoms with Crippen molar-refractivity contribution in [3.05, 3.63) is 46.4 Å². The zero-order valence-electron chi connectivity index (χ0n) is 13.7. The number of halogens is 2. The van der Waals surface area contributed by atoms with Crippen molar-refractivity contribution in [2.45, 2.75) is 0 Å². The van der Waals surface area contributed by atoms with Crippen LogP contribution >= 0.6 is 23.2 Å². The first kappa shape index (κ1) is 18.1. The van der Waals surface area contributed by atoms with Crippen LogP contribution in [0.4, 0.5) is 9.59 Å². The third-order valence-electron chi connectivity index (χ3n) is 3.65. The van der Waals surface area contributed by atoms with Crippen LogP contribution in [-0.2, 0) is 9.47 Å². The molecule has 0 bridgehead atoms. The van der Waals surface area contributed by atoms with Crippen molar-refractivity contribution in [3.8, 4) is 11.5 Å². The van der Waals surface area contributed by atoms with E-state index in [1.54, 1.807) is 36.4 Å². The van der Waals surface area contributed by atoms with Crippen molar-refractivity contribution in [2.75, 3.05) is 14.2 Å². The Labute approximate surface area is 158 Å². The molecular weight excluding hydrogens is 383 g/mol. The minimum absolute atomic E-state index is 0.184. The van der Waals surface area contributed by atoms with E-state index in [1.165, 1.54) is 14.2 Å². The third kappa shape index (κ3) is 3.34. The van der Waals surface area contributed by atoms with Gasteiger partial charge in [-0.05, 0) is 36.4 Å². The SMILES string of the molecule is COC(=O)Oc1c2ccc(Cl)cc2c(OC(=O)OC)c2cc(Cl)ccc12. The van der Waals surface area contributed by atoms with Gasteiger partial charge in [0, 0.05) is 31.6 Å². The molecule has 6 nitrogen and oxygen atoms in total. The number of rotatable bonds is 2. The number of hydrogen-bond donors (Lipinski definition) is 0. The van der Waals surface area contributed by atoms with Gasteiger partial charge < -0.3 is 18.9 Å². The van der Waals surface area contributed by atoms with Crippen LogP contribution in [0.5, 0.6) is 11.5 Å². The highest BCUT2D eigenvalue weighted by Gasteiger charge is 2.21. The van der Waals surface area contributed by atoms with E-state index < -0.39 is 12.3 Å². The van der Waals surface area contributed by atoms with Crippen LogP contribution in [0.1, 0.15) is 0 Å². The van der Waals surface area contributed by atoms with Crippen molar-refractivity contribution < 1.29 is 28.5 Å². The van der Waals surface area contributed by atoms with Gasteiger partial charge in [0.25, 0.3) is 0 Å². The Balaban J connectivity index is 2.44. The molecular formula is C18H12Cl2O6. The molecule has 0 saturated heterocycles.